The van der Waals surface area contributed by atoms with Crippen LogP contribution in [0.4, 0.5) is 4.39 Å². The van der Waals surface area contributed by atoms with Crippen LogP contribution in [0.5, 0.6) is 5.75 Å². The minimum atomic E-state index is -0.286. The Morgan fingerprint density at radius 2 is 1.93 bits per heavy atom. The summed E-state index contributed by atoms with van der Waals surface area (Å²) in [4.78, 5) is 19.6. The predicted octanol–water partition coefficient (Wildman–Crippen LogP) is 4.85. The minimum Gasteiger partial charge on any atom is -0.497 e. The number of pyridine rings is 1. The fourth-order valence-corrected chi connectivity index (χ4v) is 3.96. The Bertz CT molecular complexity index is 1020. The molecule has 0 spiro atoms. The molecule has 1 aliphatic heterocycles. The first-order valence-corrected chi connectivity index (χ1v) is 10.3. The molecule has 2 aromatic carbocycles. The minimum absolute atomic E-state index is 0.0789. The Morgan fingerprint density at radius 1 is 1.13 bits per heavy atom. The molecule has 5 heteroatoms. The molecule has 1 atom stereocenters. The lowest BCUT2D eigenvalue weighted by Gasteiger charge is -2.32. The molecule has 1 aromatic heterocycles. The molecule has 1 fully saturated rings. The fourth-order valence-electron chi connectivity index (χ4n) is 3.96. The van der Waals surface area contributed by atoms with E-state index in [0.29, 0.717) is 13.0 Å². The lowest BCUT2D eigenvalue weighted by molar-refractivity contribution is -0.131. The van der Waals surface area contributed by atoms with E-state index < -0.39 is 0 Å². The number of piperidine rings is 1. The van der Waals surface area contributed by atoms with Gasteiger partial charge in [0.2, 0.25) is 5.91 Å². The van der Waals surface area contributed by atoms with E-state index in [1.165, 1.54) is 12.1 Å². The molecule has 0 N–H and O–H groups in total. The molecular formula is C25H25FN2O2. The van der Waals surface area contributed by atoms with Crippen LogP contribution in [0.1, 0.15) is 30.0 Å². The molecule has 0 saturated carbocycles. The van der Waals surface area contributed by atoms with Crippen LogP contribution in [-0.4, -0.2) is 36.0 Å². The van der Waals surface area contributed by atoms with E-state index in [2.05, 4.69) is 0 Å². The molecule has 0 bridgehead atoms. The Kier molecular flexibility index (Phi) is 6.07. The van der Waals surface area contributed by atoms with Gasteiger partial charge in [0.25, 0.3) is 0 Å². The van der Waals surface area contributed by atoms with E-state index in [1.54, 1.807) is 19.2 Å². The van der Waals surface area contributed by atoms with E-state index in [9.17, 15) is 9.18 Å². The first-order chi connectivity index (χ1) is 14.6. The van der Waals surface area contributed by atoms with Crippen molar-refractivity contribution in [2.45, 2.75) is 25.2 Å². The monoisotopic (exact) mass is 404 g/mol. The highest BCUT2D eigenvalue weighted by molar-refractivity contribution is 5.79. The largest absolute Gasteiger partial charge is 0.497 e. The van der Waals surface area contributed by atoms with Crippen molar-refractivity contribution in [3.8, 4) is 17.0 Å². The van der Waals surface area contributed by atoms with Crippen molar-refractivity contribution in [2.75, 3.05) is 20.2 Å². The number of methoxy groups -OCH3 is 1. The number of benzene rings is 2. The summed E-state index contributed by atoms with van der Waals surface area (Å²) in [6.45, 7) is 1.42. The molecule has 0 unspecified atom stereocenters. The zero-order valence-corrected chi connectivity index (χ0v) is 17.1. The number of halogens is 1. The van der Waals surface area contributed by atoms with Crippen LogP contribution in [0, 0.1) is 5.82 Å². The van der Waals surface area contributed by atoms with Crippen LogP contribution in [-0.2, 0) is 11.2 Å². The number of nitrogens with zero attached hydrogens (tertiary/aromatic N) is 2. The third kappa shape index (κ3) is 4.67. The van der Waals surface area contributed by atoms with Crippen LogP contribution in [0.25, 0.3) is 11.3 Å². The van der Waals surface area contributed by atoms with Crippen molar-refractivity contribution in [3.05, 3.63) is 83.8 Å². The van der Waals surface area contributed by atoms with Crippen molar-refractivity contribution in [3.63, 3.8) is 0 Å². The highest BCUT2D eigenvalue weighted by atomic mass is 19.1. The Morgan fingerprint density at radius 3 is 2.73 bits per heavy atom. The number of carbonyl (C=O) groups excluding carboxylic acids is 1. The lowest BCUT2D eigenvalue weighted by Crippen LogP contribution is -2.40. The summed E-state index contributed by atoms with van der Waals surface area (Å²) >= 11 is 0. The van der Waals surface area contributed by atoms with Gasteiger partial charge >= 0.3 is 0 Å². The number of rotatable bonds is 5. The van der Waals surface area contributed by atoms with Gasteiger partial charge in [-0.2, -0.15) is 0 Å². The topological polar surface area (TPSA) is 42.4 Å². The van der Waals surface area contributed by atoms with Gasteiger partial charge in [0.1, 0.15) is 11.6 Å². The molecule has 4 rings (SSSR count). The third-order valence-corrected chi connectivity index (χ3v) is 5.60. The standard InChI is InChI=1S/C25H25FN2O2/c1-30-22-7-2-5-19(16-22)23-8-3-9-24(27-23)20-6-4-14-28(17-20)25(29)15-18-10-12-21(26)13-11-18/h2-3,5,7-13,16,20H,4,6,14-15,17H2,1H3/t20-/m0/s1. The number of hydrogen-bond donors (Lipinski definition) is 0. The summed E-state index contributed by atoms with van der Waals surface area (Å²) in [7, 11) is 1.66. The maximum atomic E-state index is 13.1. The van der Waals surface area contributed by atoms with Crippen LogP contribution in [0.2, 0.25) is 0 Å². The summed E-state index contributed by atoms with van der Waals surface area (Å²) < 4.78 is 18.4. The fraction of sp³-hybridized carbons (Fsp3) is 0.280. The summed E-state index contributed by atoms with van der Waals surface area (Å²) in [6.07, 6.45) is 2.25. The molecule has 154 valence electrons. The number of amides is 1. The highest BCUT2D eigenvalue weighted by Crippen LogP contribution is 2.29. The van der Waals surface area contributed by atoms with Gasteiger partial charge in [-0.3, -0.25) is 9.78 Å². The molecule has 0 radical (unpaired) electrons. The Balaban J connectivity index is 1.47. The molecule has 1 aliphatic rings. The van der Waals surface area contributed by atoms with Gasteiger partial charge in [-0.25, -0.2) is 4.39 Å². The van der Waals surface area contributed by atoms with Gasteiger partial charge in [-0.1, -0.05) is 30.3 Å². The Labute approximate surface area is 176 Å². The molecule has 1 amide bonds. The third-order valence-electron chi connectivity index (χ3n) is 5.60. The van der Waals surface area contributed by atoms with Crippen molar-refractivity contribution < 1.29 is 13.9 Å². The summed E-state index contributed by atoms with van der Waals surface area (Å²) in [6, 6.07) is 20.1. The predicted molar refractivity (Wildman–Crippen MR) is 115 cm³/mol. The van der Waals surface area contributed by atoms with E-state index in [0.717, 1.165) is 47.7 Å². The van der Waals surface area contributed by atoms with E-state index in [-0.39, 0.29) is 17.6 Å². The van der Waals surface area contributed by atoms with Crippen LogP contribution in [0.3, 0.4) is 0 Å². The van der Waals surface area contributed by atoms with Gasteiger partial charge in [0, 0.05) is 30.3 Å². The van der Waals surface area contributed by atoms with Gasteiger partial charge in [0.05, 0.1) is 19.2 Å². The second-order valence-corrected chi connectivity index (χ2v) is 7.66. The van der Waals surface area contributed by atoms with Gasteiger partial charge in [0.15, 0.2) is 0 Å². The summed E-state index contributed by atoms with van der Waals surface area (Å²) in [5.74, 6) is 0.804. The van der Waals surface area contributed by atoms with E-state index >= 15 is 0 Å². The molecular weight excluding hydrogens is 379 g/mol. The number of likely N-dealkylation sites (tertiary alicyclic amines) is 1. The molecule has 30 heavy (non-hydrogen) atoms. The number of aromatic nitrogens is 1. The molecule has 4 nitrogen and oxygen atoms in total. The first-order valence-electron chi connectivity index (χ1n) is 10.3. The van der Waals surface area contributed by atoms with Crippen molar-refractivity contribution in [2.24, 2.45) is 0 Å². The first kappa shape index (κ1) is 20.1. The summed E-state index contributed by atoms with van der Waals surface area (Å²) in [5.41, 5.74) is 3.76. The van der Waals surface area contributed by atoms with E-state index in [1.807, 2.05) is 47.4 Å². The van der Waals surface area contributed by atoms with Crippen molar-refractivity contribution >= 4 is 5.91 Å². The van der Waals surface area contributed by atoms with Crippen LogP contribution in [0.15, 0.2) is 66.7 Å². The normalized spacial score (nSPS) is 16.3. The van der Waals surface area contributed by atoms with Crippen molar-refractivity contribution in [1.82, 2.24) is 9.88 Å². The average Bonchev–Trinajstić information content (AvgIpc) is 2.81. The second kappa shape index (κ2) is 9.08. The number of carbonyl (C=O) groups is 1. The Hall–Kier alpha value is -3.21. The second-order valence-electron chi connectivity index (χ2n) is 7.66. The smallest absolute Gasteiger partial charge is 0.227 e. The maximum absolute atomic E-state index is 13.1. The summed E-state index contributed by atoms with van der Waals surface area (Å²) in [5, 5.41) is 0. The van der Waals surface area contributed by atoms with Crippen molar-refractivity contribution in [1.29, 1.82) is 0 Å². The van der Waals surface area contributed by atoms with E-state index in [4.69, 9.17) is 9.72 Å². The maximum Gasteiger partial charge on any atom is 0.227 e. The van der Waals surface area contributed by atoms with Crippen LogP contribution >= 0.6 is 0 Å². The van der Waals surface area contributed by atoms with Crippen LogP contribution < -0.4 is 4.74 Å². The number of hydrogen-bond acceptors (Lipinski definition) is 3. The molecule has 0 aliphatic carbocycles. The number of ether oxygens (including phenoxy) is 1. The highest BCUT2D eigenvalue weighted by Gasteiger charge is 2.25. The van der Waals surface area contributed by atoms with Gasteiger partial charge in [-0.05, 0) is 54.8 Å². The van der Waals surface area contributed by atoms with Gasteiger partial charge in [-0.15, -0.1) is 0 Å². The zero-order valence-electron chi connectivity index (χ0n) is 17.1. The van der Waals surface area contributed by atoms with Gasteiger partial charge < -0.3 is 9.64 Å². The molecule has 1 saturated heterocycles. The lowest BCUT2D eigenvalue weighted by atomic mass is 9.93. The SMILES string of the molecule is COc1cccc(-c2cccc([C@H]3CCCN(C(=O)Cc4ccc(F)cc4)C3)n2)c1. The zero-order chi connectivity index (χ0) is 20.9. The molecule has 3 aromatic rings. The molecule has 2 heterocycles. The average molecular weight is 404 g/mol. The quantitative estimate of drug-likeness (QED) is 0.611.